The maximum absolute atomic E-state index is 10.4. The van der Waals surface area contributed by atoms with Crippen LogP contribution in [0.5, 0.6) is 0 Å². The van der Waals surface area contributed by atoms with Crippen LogP contribution in [0, 0.1) is 6.92 Å². The molecule has 4 nitrogen and oxygen atoms in total. The van der Waals surface area contributed by atoms with Crippen molar-refractivity contribution < 1.29 is 5.11 Å². The van der Waals surface area contributed by atoms with Crippen LogP contribution in [0.4, 0.5) is 5.82 Å². The van der Waals surface area contributed by atoms with Gasteiger partial charge in [-0.25, -0.2) is 9.97 Å². The zero-order valence-electron chi connectivity index (χ0n) is 12.4. The van der Waals surface area contributed by atoms with Crippen LogP contribution in [0.15, 0.2) is 28.9 Å². The Morgan fingerprint density at radius 1 is 1.23 bits per heavy atom. The van der Waals surface area contributed by atoms with Gasteiger partial charge in [0.15, 0.2) is 0 Å². The fourth-order valence-corrected chi connectivity index (χ4v) is 3.83. The van der Waals surface area contributed by atoms with E-state index >= 15 is 0 Å². The molecule has 5 heteroatoms. The Morgan fingerprint density at radius 3 is 2.77 bits per heavy atom. The lowest BCUT2D eigenvalue weighted by Crippen LogP contribution is -2.22. The number of fused-ring (bicyclic) bond motifs is 1. The van der Waals surface area contributed by atoms with Gasteiger partial charge in [0.05, 0.1) is 23.5 Å². The minimum absolute atomic E-state index is 0.113. The lowest BCUT2D eigenvalue weighted by molar-refractivity contribution is 0.165. The summed E-state index contributed by atoms with van der Waals surface area (Å²) in [6, 6.07) is 8.07. The van der Waals surface area contributed by atoms with E-state index in [-0.39, 0.29) is 6.04 Å². The second kappa shape index (κ2) is 5.32. The molecule has 2 N–H and O–H groups in total. The smallest absolute Gasteiger partial charge is 0.148 e. The lowest BCUT2D eigenvalue weighted by Gasteiger charge is -2.20. The van der Waals surface area contributed by atoms with Gasteiger partial charge < -0.3 is 10.4 Å². The van der Waals surface area contributed by atoms with E-state index in [9.17, 15) is 5.11 Å². The van der Waals surface area contributed by atoms with Gasteiger partial charge >= 0.3 is 0 Å². The van der Waals surface area contributed by atoms with E-state index in [0.717, 1.165) is 27.4 Å². The monoisotopic (exact) mass is 359 g/mol. The van der Waals surface area contributed by atoms with Crippen LogP contribution in [0.2, 0.25) is 0 Å². The molecule has 2 aliphatic carbocycles. The molecule has 0 bridgehead atoms. The Bertz CT molecular complexity index is 730. The van der Waals surface area contributed by atoms with Crippen molar-refractivity contribution >= 4 is 21.7 Å². The molecule has 1 heterocycles. The van der Waals surface area contributed by atoms with E-state index in [1.54, 1.807) is 0 Å². The summed E-state index contributed by atoms with van der Waals surface area (Å²) in [5.41, 5.74) is 4.26. The van der Waals surface area contributed by atoms with Crippen molar-refractivity contribution in [3.8, 4) is 0 Å². The zero-order valence-corrected chi connectivity index (χ0v) is 14.0. The van der Waals surface area contributed by atoms with Crippen molar-refractivity contribution in [3.63, 3.8) is 0 Å². The molecule has 2 aromatic rings. The molecule has 2 atom stereocenters. The molecule has 1 fully saturated rings. The second-order valence-electron chi connectivity index (χ2n) is 6.20. The third-order valence-corrected chi connectivity index (χ3v) is 5.10. The molecule has 0 saturated heterocycles. The quantitative estimate of drug-likeness (QED) is 0.880. The van der Waals surface area contributed by atoms with Crippen molar-refractivity contribution in [2.45, 2.75) is 44.2 Å². The SMILES string of the molecule is Cc1nc(Br)c(C2CC2)nc1NC1c2ccccc2C[C@@H]1O. The largest absolute Gasteiger partial charge is 0.390 e. The van der Waals surface area contributed by atoms with Gasteiger partial charge in [0.2, 0.25) is 0 Å². The number of hydrogen-bond donors (Lipinski definition) is 2. The van der Waals surface area contributed by atoms with Crippen molar-refractivity contribution in [2.75, 3.05) is 5.32 Å². The molecular formula is C17H18BrN3O. The van der Waals surface area contributed by atoms with Crippen LogP contribution in [0.3, 0.4) is 0 Å². The molecule has 22 heavy (non-hydrogen) atoms. The molecule has 4 rings (SSSR count). The van der Waals surface area contributed by atoms with Gasteiger partial charge in [-0.3, -0.25) is 0 Å². The van der Waals surface area contributed by atoms with E-state index in [4.69, 9.17) is 4.98 Å². The van der Waals surface area contributed by atoms with Crippen LogP contribution in [-0.2, 0) is 6.42 Å². The summed E-state index contributed by atoms with van der Waals surface area (Å²) >= 11 is 3.52. The Morgan fingerprint density at radius 2 is 2.00 bits per heavy atom. The molecule has 0 radical (unpaired) electrons. The van der Waals surface area contributed by atoms with Crippen LogP contribution in [0.1, 0.15) is 47.3 Å². The number of benzene rings is 1. The van der Waals surface area contributed by atoms with Crippen LogP contribution in [-0.4, -0.2) is 21.2 Å². The fraction of sp³-hybridized carbons (Fsp3) is 0.412. The normalized spacial score (nSPS) is 23.4. The number of nitrogens with one attached hydrogen (secondary N) is 1. The van der Waals surface area contributed by atoms with E-state index in [1.807, 2.05) is 19.1 Å². The van der Waals surface area contributed by atoms with Crippen molar-refractivity contribution in [1.29, 1.82) is 0 Å². The zero-order chi connectivity index (χ0) is 15.3. The Kier molecular flexibility index (Phi) is 3.42. The Hall–Kier alpha value is -1.46. The molecule has 1 aromatic carbocycles. The molecule has 1 saturated carbocycles. The van der Waals surface area contributed by atoms with Gasteiger partial charge in [-0.15, -0.1) is 0 Å². The highest BCUT2D eigenvalue weighted by molar-refractivity contribution is 9.10. The summed E-state index contributed by atoms with van der Waals surface area (Å²) in [6.45, 7) is 1.95. The molecule has 0 aliphatic heterocycles. The van der Waals surface area contributed by atoms with Crippen LogP contribution >= 0.6 is 15.9 Å². The highest BCUT2D eigenvalue weighted by atomic mass is 79.9. The van der Waals surface area contributed by atoms with Gasteiger partial charge in [-0.1, -0.05) is 24.3 Å². The topological polar surface area (TPSA) is 58.0 Å². The second-order valence-corrected chi connectivity index (χ2v) is 6.95. The summed E-state index contributed by atoms with van der Waals surface area (Å²) in [6.07, 6.45) is 2.63. The average Bonchev–Trinajstić information content (AvgIpc) is 3.27. The summed E-state index contributed by atoms with van der Waals surface area (Å²) in [5.74, 6) is 1.31. The summed E-state index contributed by atoms with van der Waals surface area (Å²) in [5, 5.41) is 13.8. The number of aromatic nitrogens is 2. The first-order valence-electron chi connectivity index (χ1n) is 7.70. The maximum atomic E-state index is 10.4. The van der Waals surface area contributed by atoms with Gasteiger partial charge in [0, 0.05) is 12.3 Å². The predicted molar refractivity (Wildman–Crippen MR) is 89.0 cm³/mol. The number of aryl methyl sites for hydroxylation is 1. The summed E-state index contributed by atoms with van der Waals surface area (Å²) in [7, 11) is 0. The summed E-state index contributed by atoms with van der Waals surface area (Å²) < 4.78 is 0.852. The number of hydrogen-bond acceptors (Lipinski definition) is 4. The number of anilines is 1. The molecule has 0 spiro atoms. The van der Waals surface area contributed by atoms with E-state index in [0.29, 0.717) is 12.3 Å². The predicted octanol–water partition coefficient (Wildman–Crippen LogP) is 3.50. The average molecular weight is 360 g/mol. The molecule has 1 unspecified atom stereocenters. The van der Waals surface area contributed by atoms with Gasteiger partial charge in [-0.05, 0) is 46.8 Å². The van der Waals surface area contributed by atoms with Gasteiger partial charge in [0.1, 0.15) is 10.4 Å². The first-order valence-corrected chi connectivity index (χ1v) is 8.49. The number of rotatable bonds is 3. The van der Waals surface area contributed by atoms with E-state index in [2.05, 4.69) is 38.4 Å². The van der Waals surface area contributed by atoms with Crippen LogP contribution in [0.25, 0.3) is 0 Å². The molecular weight excluding hydrogens is 342 g/mol. The first-order chi connectivity index (χ1) is 10.6. The standard InChI is InChI=1S/C17H18BrN3O/c1-9-17(20-14(10-6-7-10)16(18)19-9)21-15-12-5-3-2-4-11(12)8-13(15)22/h2-5,10,13,15,22H,6-8H2,1H3,(H,20,21)/t13-,15?/m0/s1. The number of halogens is 1. The van der Waals surface area contributed by atoms with Crippen molar-refractivity contribution in [2.24, 2.45) is 0 Å². The Balaban J connectivity index is 1.67. The van der Waals surface area contributed by atoms with Crippen LogP contribution < -0.4 is 5.32 Å². The Labute approximate surface area is 138 Å². The summed E-state index contributed by atoms with van der Waals surface area (Å²) in [4.78, 5) is 9.34. The number of aliphatic hydroxyl groups excluding tert-OH is 1. The highest BCUT2D eigenvalue weighted by Gasteiger charge is 2.33. The number of aliphatic hydroxyl groups is 1. The molecule has 114 valence electrons. The first kappa shape index (κ1) is 14.2. The van der Waals surface area contributed by atoms with Crippen molar-refractivity contribution in [3.05, 3.63) is 51.4 Å². The van der Waals surface area contributed by atoms with Crippen molar-refractivity contribution in [1.82, 2.24) is 9.97 Å². The minimum Gasteiger partial charge on any atom is -0.390 e. The molecule has 0 amide bonds. The molecule has 2 aliphatic rings. The highest BCUT2D eigenvalue weighted by Crippen LogP contribution is 2.43. The number of nitrogens with zero attached hydrogens (tertiary/aromatic N) is 2. The fourth-order valence-electron chi connectivity index (χ4n) is 3.15. The van der Waals surface area contributed by atoms with E-state index in [1.165, 1.54) is 18.4 Å². The maximum Gasteiger partial charge on any atom is 0.148 e. The molecule has 1 aromatic heterocycles. The minimum atomic E-state index is -0.424. The third-order valence-electron chi connectivity index (χ3n) is 4.51. The third kappa shape index (κ3) is 2.42. The van der Waals surface area contributed by atoms with E-state index < -0.39 is 6.10 Å². The van der Waals surface area contributed by atoms with Gasteiger partial charge in [-0.2, -0.15) is 0 Å². The van der Waals surface area contributed by atoms with Gasteiger partial charge in [0.25, 0.3) is 0 Å². The lowest BCUT2D eigenvalue weighted by atomic mass is 10.1.